The Hall–Kier alpha value is -1.88. The van der Waals surface area contributed by atoms with Crippen LogP contribution in [0.5, 0.6) is 0 Å². The van der Waals surface area contributed by atoms with Gasteiger partial charge in [0.05, 0.1) is 5.69 Å². The number of aromatic amines is 1. The fraction of sp³-hybridized carbons (Fsp3) is 0.167. The highest BCUT2D eigenvalue weighted by molar-refractivity contribution is 7.71. The van der Waals surface area contributed by atoms with Gasteiger partial charge < -0.3 is 5.73 Å². The van der Waals surface area contributed by atoms with E-state index in [2.05, 4.69) is 4.98 Å². The van der Waals surface area contributed by atoms with Crippen molar-refractivity contribution in [3.8, 4) is 5.69 Å². The van der Waals surface area contributed by atoms with Gasteiger partial charge in [0.25, 0.3) is 5.56 Å². The number of anilines is 1. The van der Waals surface area contributed by atoms with Gasteiger partial charge in [0.15, 0.2) is 4.77 Å². The lowest BCUT2D eigenvalue weighted by molar-refractivity contribution is 0.941. The summed E-state index contributed by atoms with van der Waals surface area (Å²) in [5.41, 5.74) is 8.66. The highest BCUT2D eigenvalue weighted by Gasteiger charge is 2.06. The number of aryl methyl sites for hydroxylation is 2. The zero-order valence-electron chi connectivity index (χ0n) is 9.65. The predicted molar refractivity (Wildman–Crippen MR) is 71.1 cm³/mol. The van der Waals surface area contributed by atoms with Crippen LogP contribution >= 0.6 is 12.2 Å². The molecule has 0 aliphatic rings. The Morgan fingerprint density at radius 3 is 2.59 bits per heavy atom. The average Bonchev–Trinajstić information content (AvgIpc) is 2.19. The summed E-state index contributed by atoms with van der Waals surface area (Å²) in [5.74, 6) is 0.339. The Morgan fingerprint density at radius 2 is 2.00 bits per heavy atom. The number of rotatable bonds is 1. The van der Waals surface area contributed by atoms with Crippen LogP contribution in [-0.2, 0) is 0 Å². The average molecular weight is 247 g/mol. The van der Waals surface area contributed by atoms with E-state index in [1.807, 2.05) is 32.0 Å². The van der Waals surface area contributed by atoms with Crippen molar-refractivity contribution in [1.29, 1.82) is 0 Å². The molecular formula is C12H13N3OS. The van der Waals surface area contributed by atoms with E-state index < -0.39 is 0 Å². The molecule has 0 saturated carbocycles. The molecule has 0 atom stereocenters. The maximum absolute atomic E-state index is 11.2. The Morgan fingerprint density at radius 1 is 1.29 bits per heavy atom. The largest absolute Gasteiger partial charge is 0.385 e. The molecule has 0 saturated heterocycles. The van der Waals surface area contributed by atoms with Gasteiger partial charge in [0, 0.05) is 6.07 Å². The van der Waals surface area contributed by atoms with Gasteiger partial charge in [-0.05, 0) is 37.7 Å². The van der Waals surface area contributed by atoms with Gasteiger partial charge in [0.2, 0.25) is 0 Å². The van der Waals surface area contributed by atoms with Crippen molar-refractivity contribution in [3.63, 3.8) is 0 Å². The molecule has 4 nitrogen and oxygen atoms in total. The van der Waals surface area contributed by atoms with Crippen LogP contribution in [0.1, 0.15) is 11.1 Å². The van der Waals surface area contributed by atoms with Crippen molar-refractivity contribution in [2.45, 2.75) is 13.8 Å². The second-order valence-corrected chi connectivity index (χ2v) is 4.38. The fourth-order valence-corrected chi connectivity index (χ4v) is 2.12. The molecule has 0 radical (unpaired) electrons. The van der Waals surface area contributed by atoms with Crippen molar-refractivity contribution < 1.29 is 0 Å². The molecule has 0 bridgehead atoms. The Bertz CT molecular complexity index is 685. The second kappa shape index (κ2) is 4.18. The summed E-state index contributed by atoms with van der Waals surface area (Å²) in [7, 11) is 0. The number of hydrogen-bond acceptors (Lipinski definition) is 3. The summed E-state index contributed by atoms with van der Waals surface area (Å²) in [5, 5.41) is 0. The third-order valence-electron chi connectivity index (χ3n) is 2.56. The van der Waals surface area contributed by atoms with E-state index in [4.69, 9.17) is 18.0 Å². The van der Waals surface area contributed by atoms with E-state index in [1.54, 1.807) is 4.57 Å². The highest BCUT2D eigenvalue weighted by Crippen LogP contribution is 2.18. The first kappa shape index (κ1) is 11.6. The van der Waals surface area contributed by atoms with E-state index in [1.165, 1.54) is 11.6 Å². The SMILES string of the molecule is Cc1ccc(-n2c(N)cc(=O)[nH]c2=S)c(C)c1. The van der Waals surface area contributed by atoms with Crippen LogP contribution in [0.25, 0.3) is 5.69 Å². The van der Waals surface area contributed by atoms with Gasteiger partial charge in [-0.15, -0.1) is 0 Å². The van der Waals surface area contributed by atoms with E-state index in [-0.39, 0.29) is 5.56 Å². The molecule has 1 aromatic carbocycles. The summed E-state index contributed by atoms with van der Waals surface area (Å²) in [6.07, 6.45) is 0. The van der Waals surface area contributed by atoms with E-state index in [9.17, 15) is 4.79 Å². The Labute approximate surface area is 104 Å². The monoisotopic (exact) mass is 247 g/mol. The molecule has 5 heteroatoms. The van der Waals surface area contributed by atoms with Crippen LogP contribution in [-0.4, -0.2) is 9.55 Å². The molecule has 2 rings (SSSR count). The zero-order valence-corrected chi connectivity index (χ0v) is 10.5. The molecule has 0 aliphatic heterocycles. The molecule has 0 unspecified atom stereocenters. The number of hydrogen-bond donors (Lipinski definition) is 2. The summed E-state index contributed by atoms with van der Waals surface area (Å²) >= 11 is 5.13. The molecular weight excluding hydrogens is 234 g/mol. The van der Waals surface area contributed by atoms with Crippen LogP contribution in [0.3, 0.4) is 0 Å². The minimum Gasteiger partial charge on any atom is -0.385 e. The van der Waals surface area contributed by atoms with Gasteiger partial charge in [-0.1, -0.05) is 17.7 Å². The van der Waals surface area contributed by atoms with Gasteiger partial charge in [-0.3, -0.25) is 14.3 Å². The Balaban J connectivity index is 2.77. The highest BCUT2D eigenvalue weighted by atomic mass is 32.1. The van der Waals surface area contributed by atoms with Crippen LogP contribution in [0.15, 0.2) is 29.1 Å². The van der Waals surface area contributed by atoms with Crippen molar-refractivity contribution in [3.05, 3.63) is 50.5 Å². The van der Waals surface area contributed by atoms with E-state index in [0.717, 1.165) is 11.3 Å². The molecule has 0 aliphatic carbocycles. The zero-order chi connectivity index (χ0) is 12.6. The maximum Gasteiger partial charge on any atom is 0.253 e. The lowest BCUT2D eigenvalue weighted by Crippen LogP contribution is -2.15. The van der Waals surface area contributed by atoms with Crippen LogP contribution < -0.4 is 11.3 Å². The lowest BCUT2D eigenvalue weighted by Gasteiger charge is -2.13. The number of H-pyrrole nitrogens is 1. The van der Waals surface area contributed by atoms with Crippen molar-refractivity contribution in [2.75, 3.05) is 5.73 Å². The molecule has 3 N–H and O–H groups in total. The lowest BCUT2D eigenvalue weighted by atomic mass is 10.1. The van der Waals surface area contributed by atoms with Crippen molar-refractivity contribution in [2.24, 2.45) is 0 Å². The van der Waals surface area contributed by atoms with Crippen molar-refractivity contribution >= 4 is 18.0 Å². The quantitative estimate of drug-likeness (QED) is 0.758. The number of nitrogens with zero attached hydrogens (tertiary/aromatic N) is 1. The van der Waals surface area contributed by atoms with Crippen molar-refractivity contribution in [1.82, 2.24) is 9.55 Å². The molecule has 17 heavy (non-hydrogen) atoms. The predicted octanol–water partition coefficient (Wildman–Crippen LogP) is 2.09. The van der Waals surface area contributed by atoms with Gasteiger partial charge in [0.1, 0.15) is 5.82 Å². The first-order chi connectivity index (χ1) is 7.99. The van der Waals surface area contributed by atoms with E-state index >= 15 is 0 Å². The second-order valence-electron chi connectivity index (χ2n) is 3.99. The topological polar surface area (TPSA) is 63.8 Å². The standard InChI is InChI=1S/C12H13N3OS/c1-7-3-4-9(8(2)5-7)15-10(13)6-11(16)14-12(15)17/h3-6H,13H2,1-2H3,(H,14,16,17). The van der Waals surface area contributed by atoms with E-state index in [0.29, 0.717) is 10.6 Å². The summed E-state index contributed by atoms with van der Waals surface area (Å²) in [6, 6.07) is 7.29. The van der Waals surface area contributed by atoms with Crippen LogP contribution in [0.2, 0.25) is 0 Å². The maximum atomic E-state index is 11.2. The summed E-state index contributed by atoms with van der Waals surface area (Å²) in [4.78, 5) is 13.8. The third-order valence-corrected chi connectivity index (χ3v) is 2.85. The minimum absolute atomic E-state index is 0.284. The number of benzene rings is 1. The molecule has 2 aromatic rings. The van der Waals surface area contributed by atoms with Crippen LogP contribution in [0.4, 0.5) is 5.82 Å². The first-order valence-electron chi connectivity index (χ1n) is 5.18. The molecule has 0 spiro atoms. The molecule has 88 valence electrons. The number of nitrogen functional groups attached to an aromatic ring is 1. The number of nitrogens with one attached hydrogen (secondary N) is 1. The number of aromatic nitrogens is 2. The van der Waals surface area contributed by atoms with Gasteiger partial charge >= 0.3 is 0 Å². The smallest absolute Gasteiger partial charge is 0.253 e. The number of nitrogens with two attached hydrogens (primary N) is 1. The Kier molecular flexibility index (Phi) is 2.85. The minimum atomic E-state index is -0.284. The fourth-order valence-electron chi connectivity index (χ4n) is 1.82. The normalized spacial score (nSPS) is 10.5. The summed E-state index contributed by atoms with van der Waals surface area (Å²) < 4.78 is 1.97. The molecule has 0 fully saturated rings. The first-order valence-corrected chi connectivity index (χ1v) is 5.59. The van der Waals surface area contributed by atoms with Gasteiger partial charge in [-0.25, -0.2) is 0 Å². The summed E-state index contributed by atoms with van der Waals surface area (Å²) in [6.45, 7) is 4.00. The molecule has 1 aromatic heterocycles. The molecule has 1 heterocycles. The third kappa shape index (κ3) is 2.14. The molecule has 0 amide bonds. The van der Waals surface area contributed by atoms with Crippen LogP contribution in [0, 0.1) is 18.6 Å². The van der Waals surface area contributed by atoms with Gasteiger partial charge in [-0.2, -0.15) is 0 Å².